The van der Waals surface area contributed by atoms with Crippen molar-refractivity contribution in [3.05, 3.63) is 65.5 Å². The fraction of sp³-hybridized carbons (Fsp3) is 0.606. The standard InChI is InChI=1S/C33H36N2O4/c1-30-6-4-21-11-23-28-29(38-28)24(35-16-25(36)26(37)17-35)14-31(23)7-8-33(21,39-31)27(30)12-22-13-32(22,30)20-3-2-18-5-9-34-15-19(18)10-20/h2-5,9-11,15,22,24-29,36-37H,6-8,12-14,16-17H2,1H3/t22-,24-,25-,26-,27+,28+,29-,30-,31+,32-,33?/m0/s1. The van der Waals surface area contributed by atoms with Crippen molar-refractivity contribution in [2.45, 2.75) is 92.5 Å². The Morgan fingerprint density at radius 2 is 1.92 bits per heavy atom. The summed E-state index contributed by atoms with van der Waals surface area (Å²) < 4.78 is 13.9. The fourth-order valence-electron chi connectivity index (χ4n) is 11.0. The first kappa shape index (κ1) is 22.6. The van der Waals surface area contributed by atoms with Crippen LogP contribution in [0.4, 0.5) is 0 Å². The van der Waals surface area contributed by atoms with Gasteiger partial charge in [0.05, 0.1) is 23.4 Å². The zero-order chi connectivity index (χ0) is 25.9. The lowest BCUT2D eigenvalue weighted by Gasteiger charge is -2.55. The molecule has 8 aliphatic rings. The molecule has 6 nitrogen and oxygen atoms in total. The summed E-state index contributed by atoms with van der Waals surface area (Å²) in [6, 6.07) is 9.44. The Morgan fingerprint density at radius 1 is 1.05 bits per heavy atom. The SMILES string of the molecule is C[C@]12CC=C3C=C4[C@H]5O[C@H]5[C@@H](N5C[C@H](O)[C@@H](O)C5)C[C@]45CCC3(O5)[C@@H]1C[C@H]1C[C@]12c1ccc2ccncc2c1. The Kier molecular flexibility index (Phi) is 3.97. The van der Waals surface area contributed by atoms with Crippen LogP contribution >= 0.6 is 0 Å². The van der Waals surface area contributed by atoms with E-state index in [0.29, 0.717) is 19.0 Å². The summed E-state index contributed by atoms with van der Waals surface area (Å²) in [6.07, 6.45) is 14.6. The summed E-state index contributed by atoms with van der Waals surface area (Å²) in [5.74, 6) is 1.23. The highest BCUT2D eigenvalue weighted by atomic mass is 16.6. The smallest absolute Gasteiger partial charge is 0.110 e. The van der Waals surface area contributed by atoms with E-state index in [1.54, 1.807) is 0 Å². The van der Waals surface area contributed by atoms with E-state index in [2.05, 4.69) is 53.2 Å². The van der Waals surface area contributed by atoms with Gasteiger partial charge in [0.15, 0.2) is 0 Å². The average molecular weight is 525 g/mol. The van der Waals surface area contributed by atoms with Gasteiger partial charge in [0, 0.05) is 42.3 Å². The van der Waals surface area contributed by atoms with Gasteiger partial charge in [-0.3, -0.25) is 9.88 Å². The van der Waals surface area contributed by atoms with Crippen molar-refractivity contribution in [2.24, 2.45) is 17.3 Å². The molecule has 1 unspecified atom stereocenters. The monoisotopic (exact) mass is 524 g/mol. The molecule has 39 heavy (non-hydrogen) atoms. The Labute approximate surface area is 228 Å². The highest BCUT2D eigenvalue weighted by Crippen LogP contribution is 2.81. The Hall–Kier alpha value is -2.09. The van der Waals surface area contributed by atoms with Gasteiger partial charge >= 0.3 is 0 Å². The number of aliphatic hydroxyl groups is 2. The van der Waals surface area contributed by atoms with Gasteiger partial charge in [0.1, 0.15) is 12.2 Å². The normalized spacial score (nSPS) is 52.3. The van der Waals surface area contributed by atoms with Crippen molar-refractivity contribution in [1.82, 2.24) is 9.88 Å². The number of fused-ring (bicyclic) bond motifs is 6. The largest absolute Gasteiger partial charge is 0.389 e. The number of allylic oxidation sites excluding steroid dienone is 1. The number of pyridine rings is 1. The van der Waals surface area contributed by atoms with Crippen LogP contribution in [0.3, 0.4) is 0 Å². The molecule has 5 heterocycles. The summed E-state index contributed by atoms with van der Waals surface area (Å²) in [4.78, 5) is 6.68. The predicted octanol–water partition coefficient (Wildman–Crippen LogP) is 3.65. The number of nitrogens with zero attached hydrogens (tertiary/aromatic N) is 2. The quantitative estimate of drug-likeness (QED) is 0.584. The minimum absolute atomic E-state index is 0.124. The topological polar surface area (TPSA) is 78.4 Å². The molecule has 2 N–H and O–H groups in total. The molecule has 6 heteroatoms. The lowest BCUT2D eigenvalue weighted by Crippen LogP contribution is -2.58. The Bertz CT molecular complexity index is 1510. The fourth-order valence-corrected chi connectivity index (χ4v) is 11.0. The zero-order valence-corrected chi connectivity index (χ0v) is 22.4. The van der Waals surface area contributed by atoms with E-state index < -0.39 is 12.2 Å². The summed E-state index contributed by atoms with van der Waals surface area (Å²) in [7, 11) is 0. The third kappa shape index (κ3) is 2.52. The maximum atomic E-state index is 10.3. The molecule has 3 saturated carbocycles. The second kappa shape index (κ2) is 6.85. The molecule has 10 rings (SSSR count). The maximum Gasteiger partial charge on any atom is 0.110 e. The lowest BCUT2D eigenvalue weighted by atomic mass is 9.55. The number of β-amino-alcohol motifs (C(OH)–C–C–N with tert-alkyl or cyclic N) is 2. The Balaban J connectivity index is 1.04. The van der Waals surface area contributed by atoms with Crippen LogP contribution in [-0.4, -0.2) is 74.8 Å². The summed E-state index contributed by atoms with van der Waals surface area (Å²) in [6.45, 7) is 3.62. The van der Waals surface area contributed by atoms with Crippen molar-refractivity contribution < 1.29 is 19.7 Å². The molecular weight excluding hydrogens is 488 g/mol. The first-order valence-corrected chi connectivity index (χ1v) is 15.1. The van der Waals surface area contributed by atoms with Crippen molar-refractivity contribution in [3.8, 4) is 0 Å². The van der Waals surface area contributed by atoms with E-state index in [0.717, 1.165) is 31.6 Å². The van der Waals surface area contributed by atoms with Crippen molar-refractivity contribution in [2.75, 3.05) is 13.1 Å². The maximum absolute atomic E-state index is 10.3. The van der Waals surface area contributed by atoms with Gasteiger partial charge in [0.2, 0.25) is 0 Å². The van der Waals surface area contributed by atoms with E-state index in [-0.39, 0.29) is 40.3 Å². The van der Waals surface area contributed by atoms with E-state index in [9.17, 15) is 10.2 Å². The third-order valence-corrected chi connectivity index (χ3v) is 13.0. The van der Waals surface area contributed by atoms with Crippen LogP contribution in [0.5, 0.6) is 0 Å². The van der Waals surface area contributed by atoms with Crippen molar-refractivity contribution in [1.29, 1.82) is 0 Å². The van der Waals surface area contributed by atoms with Crippen LogP contribution in [0.2, 0.25) is 0 Å². The van der Waals surface area contributed by atoms with Crippen LogP contribution in [0.1, 0.15) is 51.0 Å². The first-order valence-electron chi connectivity index (χ1n) is 15.1. The number of hydrogen-bond donors (Lipinski definition) is 2. The molecule has 202 valence electrons. The number of epoxide rings is 1. The van der Waals surface area contributed by atoms with Gasteiger partial charge in [-0.1, -0.05) is 31.2 Å². The average Bonchev–Trinajstić information content (AvgIpc) is 3.81. The lowest BCUT2D eigenvalue weighted by molar-refractivity contribution is -0.143. The minimum atomic E-state index is -0.667. The van der Waals surface area contributed by atoms with Crippen molar-refractivity contribution >= 4 is 10.8 Å². The molecule has 0 radical (unpaired) electrons. The molecule has 0 amide bonds. The molecule has 4 aliphatic carbocycles. The molecule has 3 saturated heterocycles. The molecule has 1 aromatic heterocycles. The second-order valence-corrected chi connectivity index (χ2v) is 14.3. The van der Waals surface area contributed by atoms with E-state index >= 15 is 0 Å². The van der Waals surface area contributed by atoms with Crippen molar-refractivity contribution in [3.63, 3.8) is 0 Å². The van der Waals surface area contributed by atoms with E-state index in [1.807, 2.05) is 12.4 Å². The predicted molar refractivity (Wildman–Crippen MR) is 145 cm³/mol. The van der Waals surface area contributed by atoms with Gasteiger partial charge in [-0.05, 0) is 90.0 Å². The summed E-state index contributed by atoms with van der Waals surface area (Å²) >= 11 is 0. The zero-order valence-electron chi connectivity index (χ0n) is 22.4. The van der Waals surface area contributed by atoms with Crippen LogP contribution in [0.15, 0.2) is 60.0 Å². The molecule has 11 atom stereocenters. The molecule has 1 aromatic carbocycles. The number of rotatable bonds is 2. The van der Waals surface area contributed by atoms with E-state index in [4.69, 9.17) is 9.47 Å². The van der Waals surface area contributed by atoms with Crippen LogP contribution in [-0.2, 0) is 14.9 Å². The van der Waals surface area contributed by atoms with Gasteiger partial charge in [-0.2, -0.15) is 0 Å². The van der Waals surface area contributed by atoms with Gasteiger partial charge in [-0.15, -0.1) is 0 Å². The highest BCUT2D eigenvalue weighted by Gasteiger charge is 2.79. The second-order valence-electron chi connectivity index (χ2n) is 14.3. The number of benzene rings is 1. The molecule has 2 aromatic rings. The van der Waals surface area contributed by atoms with Crippen LogP contribution in [0.25, 0.3) is 10.8 Å². The molecule has 2 bridgehead atoms. The molecule has 4 aliphatic heterocycles. The molecule has 2 spiro atoms. The van der Waals surface area contributed by atoms with Crippen LogP contribution < -0.4 is 0 Å². The van der Waals surface area contributed by atoms with Gasteiger partial charge in [0.25, 0.3) is 0 Å². The van der Waals surface area contributed by atoms with Gasteiger partial charge in [-0.25, -0.2) is 0 Å². The number of hydrogen-bond acceptors (Lipinski definition) is 6. The number of aromatic nitrogens is 1. The minimum Gasteiger partial charge on any atom is -0.389 e. The van der Waals surface area contributed by atoms with Gasteiger partial charge < -0.3 is 19.7 Å². The van der Waals surface area contributed by atoms with E-state index in [1.165, 1.54) is 40.3 Å². The Morgan fingerprint density at radius 3 is 2.79 bits per heavy atom. The highest BCUT2D eigenvalue weighted by molar-refractivity contribution is 5.82. The number of ether oxygens (including phenoxy) is 2. The molecular formula is C33H36N2O4. The van der Waals surface area contributed by atoms with Crippen LogP contribution in [0, 0.1) is 17.3 Å². The first-order chi connectivity index (χ1) is 18.9. The summed E-state index contributed by atoms with van der Waals surface area (Å²) in [5, 5.41) is 23.0. The molecule has 6 fully saturated rings. The summed E-state index contributed by atoms with van der Waals surface area (Å²) in [5.41, 5.74) is 4.21. The number of likely N-dealkylation sites (tertiary alicyclic amines) is 1. The third-order valence-electron chi connectivity index (χ3n) is 13.0. The number of aliphatic hydroxyl groups excluding tert-OH is 2.